The van der Waals surface area contributed by atoms with Crippen molar-refractivity contribution in [2.45, 2.75) is 31.9 Å². The van der Waals surface area contributed by atoms with E-state index in [0.29, 0.717) is 57.8 Å². The van der Waals surface area contributed by atoms with Gasteiger partial charge in [-0.25, -0.2) is 0 Å². The Morgan fingerprint density at radius 2 is 1.55 bits per heavy atom. The molecule has 10 heteroatoms. The van der Waals surface area contributed by atoms with Crippen molar-refractivity contribution >= 4 is 23.5 Å². The number of hydrogen-bond acceptors (Lipinski definition) is 5. The minimum absolute atomic E-state index is 0.167. The summed E-state index contributed by atoms with van der Waals surface area (Å²) in [5, 5.41) is 0. The van der Waals surface area contributed by atoms with Crippen LogP contribution in [0.2, 0.25) is 0 Å². The van der Waals surface area contributed by atoms with Crippen LogP contribution in [0.25, 0.3) is 0 Å². The molecule has 1 aromatic rings. The van der Waals surface area contributed by atoms with Gasteiger partial charge in [0.15, 0.2) is 6.61 Å². The van der Waals surface area contributed by atoms with Crippen molar-refractivity contribution in [2.75, 3.05) is 50.8 Å². The van der Waals surface area contributed by atoms with E-state index in [1.165, 1.54) is 6.07 Å². The summed E-state index contributed by atoms with van der Waals surface area (Å²) in [6.07, 6.45) is -1.41. The monoisotopic (exact) mass is 467 g/mol. The number of amides is 2. The fourth-order valence-electron chi connectivity index (χ4n) is 4.36. The van der Waals surface area contributed by atoms with Gasteiger partial charge in [0.1, 0.15) is 0 Å². The lowest BCUT2D eigenvalue weighted by molar-refractivity contribution is -0.157. The van der Waals surface area contributed by atoms with E-state index in [9.17, 15) is 27.6 Å². The molecule has 2 heterocycles. The van der Waals surface area contributed by atoms with E-state index in [-0.39, 0.29) is 30.3 Å². The molecule has 0 spiro atoms. The number of likely N-dealkylation sites (tertiary alicyclic amines) is 1. The van der Waals surface area contributed by atoms with Crippen LogP contribution in [0.5, 0.6) is 0 Å². The zero-order chi connectivity index (χ0) is 23.6. The smallest absolute Gasteiger partial charge is 0.416 e. The Labute approximate surface area is 190 Å². The molecule has 2 saturated heterocycles. The predicted octanol–water partition coefficient (Wildman–Crippen LogP) is 2.55. The molecule has 33 heavy (non-hydrogen) atoms. The number of anilines is 1. The van der Waals surface area contributed by atoms with E-state index in [2.05, 4.69) is 0 Å². The lowest BCUT2D eigenvalue weighted by atomic mass is 9.97. The Morgan fingerprint density at radius 1 is 0.879 bits per heavy atom. The fraction of sp³-hybridized carbons (Fsp3) is 0.609. The first kappa shape index (κ1) is 23.4. The molecule has 1 aromatic carbocycles. The van der Waals surface area contributed by atoms with Gasteiger partial charge in [0.25, 0.3) is 5.91 Å². The van der Waals surface area contributed by atoms with Gasteiger partial charge >= 0.3 is 12.1 Å². The van der Waals surface area contributed by atoms with Crippen LogP contribution in [0.1, 0.15) is 31.2 Å². The summed E-state index contributed by atoms with van der Waals surface area (Å²) >= 11 is 0. The third-order valence-corrected chi connectivity index (χ3v) is 6.58. The molecule has 0 unspecified atom stereocenters. The second kappa shape index (κ2) is 9.61. The second-order valence-corrected chi connectivity index (χ2v) is 8.90. The number of piperazine rings is 1. The molecule has 7 nitrogen and oxygen atoms in total. The molecular weight excluding hydrogens is 439 g/mol. The van der Waals surface area contributed by atoms with Crippen LogP contribution in [-0.4, -0.2) is 73.5 Å². The summed E-state index contributed by atoms with van der Waals surface area (Å²) < 4.78 is 44.1. The summed E-state index contributed by atoms with van der Waals surface area (Å²) in [5.74, 6) is -0.682. The standard InChI is InChI=1S/C23H28F3N3O4/c24-23(25,26)18-2-1-3-19(14-18)27-10-12-28(13-11-27)20(30)15-33-22(32)17-6-8-29(9-7-17)21(31)16-4-5-16/h1-3,14,16-17H,4-13,15H2. The van der Waals surface area contributed by atoms with Crippen molar-refractivity contribution in [1.82, 2.24) is 9.80 Å². The number of esters is 1. The van der Waals surface area contributed by atoms with Crippen molar-refractivity contribution in [3.8, 4) is 0 Å². The van der Waals surface area contributed by atoms with E-state index >= 15 is 0 Å². The van der Waals surface area contributed by atoms with E-state index in [0.717, 1.165) is 25.0 Å². The Hall–Kier alpha value is -2.78. The van der Waals surface area contributed by atoms with Crippen molar-refractivity contribution < 1.29 is 32.3 Å². The summed E-state index contributed by atoms with van der Waals surface area (Å²) in [6, 6.07) is 5.15. The van der Waals surface area contributed by atoms with Gasteiger partial charge in [0, 0.05) is 50.9 Å². The van der Waals surface area contributed by atoms with Gasteiger partial charge in [-0.2, -0.15) is 13.2 Å². The van der Waals surface area contributed by atoms with Crippen molar-refractivity contribution in [3.05, 3.63) is 29.8 Å². The number of carbonyl (C=O) groups is 3. The molecule has 3 fully saturated rings. The number of alkyl halides is 3. The molecule has 2 aliphatic heterocycles. The van der Waals surface area contributed by atoms with Crippen LogP contribution < -0.4 is 4.90 Å². The third kappa shape index (κ3) is 5.78. The van der Waals surface area contributed by atoms with Crippen LogP contribution in [-0.2, 0) is 25.3 Å². The molecule has 1 aliphatic carbocycles. The Kier molecular flexibility index (Phi) is 6.81. The number of hydrogen-bond donors (Lipinski definition) is 0. The van der Waals surface area contributed by atoms with E-state index in [1.54, 1.807) is 11.0 Å². The van der Waals surface area contributed by atoms with Gasteiger partial charge < -0.3 is 19.4 Å². The van der Waals surface area contributed by atoms with Crippen molar-refractivity contribution in [2.24, 2.45) is 11.8 Å². The number of piperidine rings is 1. The zero-order valence-corrected chi connectivity index (χ0v) is 18.4. The molecule has 0 aromatic heterocycles. The molecule has 0 N–H and O–H groups in total. The molecule has 0 bridgehead atoms. The first-order valence-corrected chi connectivity index (χ1v) is 11.4. The summed E-state index contributed by atoms with van der Waals surface area (Å²) in [5.41, 5.74) is -0.233. The SMILES string of the molecule is O=C(OCC(=O)N1CCN(c2cccc(C(F)(F)F)c2)CC1)C1CCN(C(=O)C2CC2)CC1. The average molecular weight is 467 g/mol. The van der Waals surface area contributed by atoms with Gasteiger partial charge in [-0.1, -0.05) is 6.07 Å². The first-order valence-electron chi connectivity index (χ1n) is 11.4. The minimum atomic E-state index is -4.40. The number of carbonyl (C=O) groups excluding carboxylic acids is 3. The summed E-state index contributed by atoms with van der Waals surface area (Å²) in [4.78, 5) is 42.1. The molecule has 180 valence electrons. The number of nitrogens with zero attached hydrogens (tertiary/aromatic N) is 3. The third-order valence-electron chi connectivity index (χ3n) is 6.58. The quantitative estimate of drug-likeness (QED) is 0.623. The number of benzene rings is 1. The Bertz CT molecular complexity index is 887. The van der Waals surface area contributed by atoms with Gasteiger partial charge in [-0.3, -0.25) is 14.4 Å². The maximum absolute atomic E-state index is 12.9. The highest BCUT2D eigenvalue weighted by Gasteiger charge is 2.36. The summed E-state index contributed by atoms with van der Waals surface area (Å²) in [6.45, 7) is 2.22. The number of rotatable bonds is 5. The van der Waals surface area contributed by atoms with E-state index < -0.39 is 17.7 Å². The lowest BCUT2D eigenvalue weighted by Crippen LogP contribution is -2.50. The fourth-order valence-corrected chi connectivity index (χ4v) is 4.36. The van der Waals surface area contributed by atoms with Crippen LogP contribution >= 0.6 is 0 Å². The zero-order valence-electron chi connectivity index (χ0n) is 18.4. The molecule has 3 aliphatic rings. The molecule has 2 amide bonds. The van der Waals surface area contributed by atoms with Crippen molar-refractivity contribution in [1.29, 1.82) is 0 Å². The average Bonchev–Trinajstić information content (AvgIpc) is 3.67. The number of halogens is 3. The van der Waals surface area contributed by atoms with E-state index in [4.69, 9.17) is 4.74 Å². The minimum Gasteiger partial charge on any atom is -0.455 e. The number of ether oxygens (including phenoxy) is 1. The highest BCUT2D eigenvalue weighted by atomic mass is 19.4. The maximum Gasteiger partial charge on any atom is 0.416 e. The molecule has 4 rings (SSSR count). The largest absolute Gasteiger partial charge is 0.455 e. The summed E-state index contributed by atoms with van der Waals surface area (Å²) in [7, 11) is 0. The normalized spacial score (nSPS) is 20.0. The van der Waals surface area contributed by atoms with Crippen molar-refractivity contribution in [3.63, 3.8) is 0 Å². The van der Waals surface area contributed by atoms with Gasteiger partial charge in [0.05, 0.1) is 11.5 Å². The maximum atomic E-state index is 12.9. The highest BCUT2D eigenvalue weighted by molar-refractivity contribution is 5.83. The van der Waals surface area contributed by atoms with Gasteiger partial charge in [0.2, 0.25) is 5.91 Å². The molecule has 0 radical (unpaired) electrons. The highest BCUT2D eigenvalue weighted by Crippen LogP contribution is 2.33. The van der Waals surface area contributed by atoms with Crippen LogP contribution in [0.3, 0.4) is 0 Å². The second-order valence-electron chi connectivity index (χ2n) is 8.90. The lowest BCUT2D eigenvalue weighted by Gasteiger charge is -2.36. The Balaban J connectivity index is 1.19. The van der Waals surface area contributed by atoms with Gasteiger partial charge in [-0.05, 0) is 43.9 Å². The Morgan fingerprint density at radius 3 is 2.15 bits per heavy atom. The molecule has 1 saturated carbocycles. The van der Waals surface area contributed by atoms with Crippen LogP contribution in [0.4, 0.5) is 18.9 Å². The van der Waals surface area contributed by atoms with Crippen LogP contribution in [0, 0.1) is 11.8 Å². The topological polar surface area (TPSA) is 70.2 Å². The predicted molar refractivity (Wildman–Crippen MR) is 113 cm³/mol. The first-order chi connectivity index (χ1) is 15.7. The van der Waals surface area contributed by atoms with Gasteiger partial charge in [-0.15, -0.1) is 0 Å². The molecule has 0 atom stereocenters. The van der Waals surface area contributed by atoms with Crippen LogP contribution in [0.15, 0.2) is 24.3 Å². The van der Waals surface area contributed by atoms with E-state index in [1.807, 2.05) is 9.80 Å². The molecular formula is C23H28F3N3O4.